The summed E-state index contributed by atoms with van der Waals surface area (Å²) < 4.78 is 5.32. The third-order valence-corrected chi connectivity index (χ3v) is 2.32. The summed E-state index contributed by atoms with van der Waals surface area (Å²) in [4.78, 5) is 21.4. The van der Waals surface area contributed by atoms with Crippen molar-refractivity contribution < 1.29 is 19.4 Å². The smallest absolute Gasteiger partial charge is 0.328 e. The number of carbonyl (C=O) groups is 2. The molecule has 1 aromatic carbocycles. The molecule has 0 heterocycles. The third kappa shape index (κ3) is 6.26. The van der Waals surface area contributed by atoms with E-state index in [0.717, 1.165) is 23.5 Å². The average molecular weight is 263 g/mol. The van der Waals surface area contributed by atoms with E-state index in [1.807, 2.05) is 31.2 Å². The van der Waals surface area contributed by atoms with E-state index in [1.54, 1.807) is 0 Å². The Kier molecular flexibility index (Phi) is 6.15. The maximum atomic E-state index is 11.2. The van der Waals surface area contributed by atoms with Crippen LogP contribution in [-0.4, -0.2) is 30.1 Å². The monoisotopic (exact) mass is 263 g/mol. The molecule has 0 aliphatic carbocycles. The van der Waals surface area contributed by atoms with Gasteiger partial charge in [0.05, 0.1) is 6.61 Å². The van der Waals surface area contributed by atoms with Crippen molar-refractivity contribution in [3.05, 3.63) is 42.0 Å². The van der Waals surface area contributed by atoms with E-state index >= 15 is 0 Å². The molecule has 0 spiro atoms. The Hall–Kier alpha value is -2.30. The fraction of sp³-hybridized carbons (Fsp3) is 0.286. The first-order chi connectivity index (χ1) is 9.11. The zero-order chi connectivity index (χ0) is 14.1. The highest BCUT2D eigenvalue weighted by Crippen LogP contribution is 2.12. The second-order valence-corrected chi connectivity index (χ2v) is 3.79. The number of aliphatic carboxylic acids is 1. The molecule has 5 nitrogen and oxygen atoms in total. The molecule has 0 fully saturated rings. The highest BCUT2D eigenvalue weighted by atomic mass is 16.5. The second-order valence-electron chi connectivity index (χ2n) is 3.79. The molecular weight excluding hydrogens is 246 g/mol. The number of ether oxygens (including phenoxy) is 1. The molecule has 1 aromatic rings. The Morgan fingerprint density at radius 3 is 2.53 bits per heavy atom. The van der Waals surface area contributed by atoms with E-state index in [0.29, 0.717) is 19.6 Å². The van der Waals surface area contributed by atoms with Crippen molar-refractivity contribution in [2.45, 2.75) is 13.3 Å². The summed E-state index contributed by atoms with van der Waals surface area (Å²) in [7, 11) is 0. The van der Waals surface area contributed by atoms with Crippen LogP contribution in [0.2, 0.25) is 0 Å². The maximum absolute atomic E-state index is 11.2. The lowest BCUT2D eigenvalue weighted by Gasteiger charge is -2.05. The highest BCUT2D eigenvalue weighted by molar-refractivity contribution is 5.93. The lowest BCUT2D eigenvalue weighted by Crippen LogP contribution is -2.23. The van der Waals surface area contributed by atoms with Crippen LogP contribution in [0.25, 0.3) is 0 Å². The second kappa shape index (κ2) is 7.92. The number of carboxylic acid groups (broad SMARTS) is 1. The summed E-state index contributed by atoms with van der Waals surface area (Å²) in [5, 5.41) is 11.0. The van der Waals surface area contributed by atoms with E-state index < -0.39 is 11.9 Å². The topological polar surface area (TPSA) is 75.6 Å². The first-order valence-electron chi connectivity index (χ1n) is 6.02. The number of carbonyl (C=O) groups excluding carboxylic acids is 1. The Morgan fingerprint density at radius 1 is 1.26 bits per heavy atom. The standard InChI is InChI=1S/C14H17NO4/c1-2-19-12-5-3-11(4-6-12)9-10-15-13(16)7-8-14(17)18/h3-8H,2,9-10H2,1H3,(H,15,16)(H,17,18)/b8-7+. The molecule has 0 unspecified atom stereocenters. The van der Waals surface area contributed by atoms with Gasteiger partial charge in [0.15, 0.2) is 0 Å². The van der Waals surface area contributed by atoms with Crippen LogP contribution in [0.4, 0.5) is 0 Å². The summed E-state index contributed by atoms with van der Waals surface area (Å²) in [6, 6.07) is 7.63. The molecule has 0 aromatic heterocycles. The van der Waals surface area contributed by atoms with Crippen LogP contribution in [0.5, 0.6) is 5.75 Å². The molecule has 1 amide bonds. The van der Waals surface area contributed by atoms with Crippen LogP contribution in [0.3, 0.4) is 0 Å². The molecule has 2 N–H and O–H groups in total. The van der Waals surface area contributed by atoms with Gasteiger partial charge in [-0.25, -0.2) is 4.79 Å². The normalized spacial score (nSPS) is 10.4. The molecule has 0 saturated carbocycles. The predicted molar refractivity (Wildman–Crippen MR) is 71.1 cm³/mol. The Balaban J connectivity index is 2.32. The minimum Gasteiger partial charge on any atom is -0.494 e. The molecule has 5 heteroatoms. The van der Waals surface area contributed by atoms with Crippen molar-refractivity contribution in [2.24, 2.45) is 0 Å². The molecule has 0 saturated heterocycles. The van der Waals surface area contributed by atoms with Crippen LogP contribution < -0.4 is 10.1 Å². The lowest BCUT2D eigenvalue weighted by molar-refractivity contribution is -0.131. The molecular formula is C14H17NO4. The van der Waals surface area contributed by atoms with Crippen LogP contribution in [-0.2, 0) is 16.0 Å². The van der Waals surface area contributed by atoms with Gasteiger partial charge in [0, 0.05) is 18.7 Å². The van der Waals surface area contributed by atoms with Crippen molar-refractivity contribution in [3.63, 3.8) is 0 Å². The van der Waals surface area contributed by atoms with Crippen molar-refractivity contribution in [1.29, 1.82) is 0 Å². The molecule has 0 aliphatic heterocycles. The number of hydrogen-bond donors (Lipinski definition) is 2. The molecule has 0 bridgehead atoms. The quantitative estimate of drug-likeness (QED) is 0.729. The number of nitrogens with one attached hydrogen (secondary N) is 1. The van der Waals surface area contributed by atoms with Gasteiger partial charge < -0.3 is 15.2 Å². The van der Waals surface area contributed by atoms with E-state index in [1.165, 1.54) is 0 Å². The summed E-state index contributed by atoms with van der Waals surface area (Å²) in [6.45, 7) is 3.01. The molecule has 1 rings (SSSR count). The van der Waals surface area contributed by atoms with Gasteiger partial charge >= 0.3 is 5.97 Å². The minimum absolute atomic E-state index is 0.409. The highest BCUT2D eigenvalue weighted by Gasteiger charge is 1.98. The van der Waals surface area contributed by atoms with Gasteiger partial charge in [-0.15, -0.1) is 0 Å². The first kappa shape index (κ1) is 14.8. The van der Waals surface area contributed by atoms with Crippen LogP contribution in [0, 0.1) is 0 Å². The van der Waals surface area contributed by atoms with Gasteiger partial charge in [-0.05, 0) is 31.0 Å². The van der Waals surface area contributed by atoms with Gasteiger partial charge in [-0.1, -0.05) is 12.1 Å². The number of benzene rings is 1. The van der Waals surface area contributed by atoms with Gasteiger partial charge in [-0.3, -0.25) is 4.79 Å². The van der Waals surface area contributed by atoms with E-state index in [9.17, 15) is 9.59 Å². The number of carboxylic acids is 1. The number of rotatable bonds is 7. The Morgan fingerprint density at radius 2 is 1.95 bits per heavy atom. The van der Waals surface area contributed by atoms with Gasteiger partial charge in [0.1, 0.15) is 5.75 Å². The predicted octanol–water partition coefficient (Wildman–Crippen LogP) is 1.38. The van der Waals surface area contributed by atoms with Gasteiger partial charge in [0.25, 0.3) is 0 Å². The average Bonchev–Trinajstić information content (AvgIpc) is 2.39. The summed E-state index contributed by atoms with van der Waals surface area (Å²) in [6.07, 6.45) is 2.49. The SMILES string of the molecule is CCOc1ccc(CCNC(=O)/C=C/C(=O)O)cc1. The minimum atomic E-state index is -1.14. The van der Waals surface area contributed by atoms with Crippen molar-refractivity contribution in [2.75, 3.05) is 13.2 Å². The molecule has 0 atom stereocenters. The van der Waals surface area contributed by atoms with Crippen LogP contribution in [0.1, 0.15) is 12.5 Å². The van der Waals surface area contributed by atoms with Crippen molar-refractivity contribution in [3.8, 4) is 5.75 Å². The summed E-state index contributed by atoms with van der Waals surface area (Å²) in [5.41, 5.74) is 1.07. The van der Waals surface area contributed by atoms with E-state index in [2.05, 4.69) is 5.32 Å². The summed E-state index contributed by atoms with van der Waals surface area (Å²) in [5.74, 6) is -0.727. The van der Waals surface area contributed by atoms with E-state index in [-0.39, 0.29) is 0 Å². The zero-order valence-electron chi connectivity index (χ0n) is 10.8. The van der Waals surface area contributed by atoms with E-state index in [4.69, 9.17) is 9.84 Å². The van der Waals surface area contributed by atoms with Crippen LogP contribution >= 0.6 is 0 Å². The largest absolute Gasteiger partial charge is 0.494 e. The number of hydrogen-bond acceptors (Lipinski definition) is 3. The molecule has 19 heavy (non-hydrogen) atoms. The van der Waals surface area contributed by atoms with Crippen molar-refractivity contribution in [1.82, 2.24) is 5.32 Å². The van der Waals surface area contributed by atoms with Crippen LogP contribution in [0.15, 0.2) is 36.4 Å². The van der Waals surface area contributed by atoms with Gasteiger partial charge in [-0.2, -0.15) is 0 Å². The fourth-order valence-corrected chi connectivity index (χ4v) is 1.45. The number of amides is 1. The first-order valence-corrected chi connectivity index (χ1v) is 6.02. The lowest BCUT2D eigenvalue weighted by atomic mass is 10.1. The molecule has 102 valence electrons. The fourth-order valence-electron chi connectivity index (χ4n) is 1.45. The van der Waals surface area contributed by atoms with Gasteiger partial charge in [0.2, 0.25) is 5.91 Å². The Bertz CT molecular complexity index is 451. The summed E-state index contributed by atoms with van der Waals surface area (Å²) >= 11 is 0. The maximum Gasteiger partial charge on any atom is 0.328 e. The molecule has 0 aliphatic rings. The Labute approximate surface area is 111 Å². The zero-order valence-corrected chi connectivity index (χ0v) is 10.8. The van der Waals surface area contributed by atoms with Crippen molar-refractivity contribution >= 4 is 11.9 Å². The third-order valence-electron chi connectivity index (χ3n) is 2.32. The molecule has 0 radical (unpaired) electrons.